The summed E-state index contributed by atoms with van der Waals surface area (Å²) in [6.07, 6.45) is 1.67. The summed E-state index contributed by atoms with van der Waals surface area (Å²) in [6, 6.07) is 0. The van der Waals surface area contributed by atoms with Gasteiger partial charge in [0.2, 0.25) is 0 Å². The van der Waals surface area contributed by atoms with Gasteiger partial charge in [0.25, 0.3) is 0 Å². The number of carbonyl (C=O) groups is 1. The predicted octanol–water partition coefficient (Wildman–Crippen LogP) is 1.65. The van der Waals surface area contributed by atoms with E-state index >= 15 is 0 Å². The molecule has 0 fully saturated rings. The van der Waals surface area contributed by atoms with Gasteiger partial charge in [-0.05, 0) is 6.42 Å². The highest BCUT2D eigenvalue weighted by molar-refractivity contribution is 6.30. The van der Waals surface area contributed by atoms with Crippen LogP contribution < -0.4 is 0 Å². The zero-order valence-corrected chi connectivity index (χ0v) is 9.01. The third-order valence-electron chi connectivity index (χ3n) is 1.98. The molecular formula is C9H13ClN2O2. The van der Waals surface area contributed by atoms with Gasteiger partial charge in [-0.1, -0.05) is 18.5 Å². The smallest absolute Gasteiger partial charge is 0.309 e. The molecule has 0 aliphatic heterocycles. The topological polar surface area (TPSA) is 55.1 Å². The van der Waals surface area contributed by atoms with Gasteiger partial charge in [-0.25, -0.2) is 4.98 Å². The maximum absolute atomic E-state index is 10.5. The van der Waals surface area contributed by atoms with Crippen molar-refractivity contribution in [2.45, 2.75) is 26.2 Å². The SMILES string of the molecule is CCCc1nc(CC(=O)O)c(Cl)n1C. The summed E-state index contributed by atoms with van der Waals surface area (Å²) in [6.45, 7) is 2.04. The van der Waals surface area contributed by atoms with E-state index in [0.29, 0.717) is 10.8 Å². The Morgan fingerprint density at radius 2 is 2.29 bits per heavy atom. The Morgan fingerprint density at radius 1 is 1.64 bits per heavy atom. The maximum Gasteiger partial charge on any atom is 0.309 e. The molecule has 1 aromatic heterocycles. The van der Waals surface area contributed by atoms with Gasteiger partial charge in [-0.3, -0.25) is 4.79 Å². The first-order valence-electron chi connectivity index (χ1n) is 4.48. The van der Waals surface area contributed by atoms with Crippen molar-refractivity contribution in [3.8, 4) is 0 Å². The number of halogens is 1. The highest BCUT2D eigenvalue weighted by Gasteiger charge is 2.14. The van der Waals surface area contributed by atoms with Crippen LogP contribution in [0, 0.1) is 0 Å². The van der Waals surface area contributed by atoms with Crippen molar-refractivity contribution in [3.63, 3.8) is 0 Å². The summed E-state index contributed by atoms with van der Waals surface area (Å²) >= 11 is 5.93. The third-order valence-corrected chi connectivity index (χ3v) is 2.45. The normalized spacial score (nSPS) is 10.5. The molecule has 0 radical (unpaired) electrons. The molecule has 0 saturated carbocycles. The minimum Gasteiger partial charge on any atom is -0.481 e. The van der Waals surface area contributed by atoms with Crippen molar-refractivity contribution in [2.75, 3.05) is 0 Å². The van der Waals surface area contributed by atoms with E-state index in [1.165, 1.54) is 0 Å². The molecule has 1 aromatic rings. The molecular weight excluding hydrogens is 204 g/mol. The number of hydrogen-bond donors (Lipinski definition) is 1. The van der Waals surface area contributed by atoms with E-state index in [1.54, 1.807) is 11.6 Å². The summed E-state index contributed by atoms with van der Waals surface area (Å²) in [5, 5.41) is 9.04. The van der Waals surface area contributed by atoms with Crippen molar-refractivity contribution in [1.29, 1.82) is 0 Å². The van der Waals surface area contributed by atoms with Crippen LogP contribution in [0.15, 0.2) is 0 Å². The molecule has 1 rings (SSSR count). The van der Waals surface area contributed by atoms with Crippen molar-refractivity contribution in [3.05, 3.63) is 16.7 Å². The Kier molecular flexibility index (Phi) is 3.52. The fourth-order valence-corrected chi connectivity index (χ4v) is 1.49. The van der Waals surface area contributed by atoms with E-state index in [9.17, 15) is 4.79 Å². The lowest BCUT2D eigenvalue weighted by molar-refractivity contribution is -0.136. The van der Waals surface area contributed by atoms with Gasteiger partial charge < -0.3 is 9.67 Å². The first kappa shape index (κ1) is 11.0. The van der Waals surface area contributed by atoms with Crippen LogP contribution in [0.3, 0.4) is 0 Å². The summed E-state index contributed by atoms with van der Waals surface area (Å²) in [7, 11) is 1.80. The number of carboxylic acids is 1. The van der Waals surface area contributed by atoms with Crippen molar-refractivity contribution >= 4 is 17.6 Å². The number of aryl methyl sites for hydroxylation is 1. The number of carboxylic acid groups (broad SMARTS) is 1. The van der Waals surface area contributed by atoms with Crippen LogP contribution in [-0.2, 0) is 24.7 Å². The molecule has 0 aliphatic rings. The van der Waals surface area contributed by atoms with E-state index < -0.39 is 5.97 Å². The molecule has 0 aromatic carbocycles. The Labute approximate surface area is 87.5 Å². The highest BCUT2D eigenvalue weighted by atomic mass is 35.5. The summed E-state index contributed by atoms with van der Waals surface area (Å²) in [5.41, 5.74) is 0.449. The van der Waals surface area contributed by atoms with Crippen LogP contribution in [0.1, 0.15) is 24.9 Å². The molecule has 0 spiro atoms. The lowest BCUT2D eigenvalue weighted by Gasteiger charge is -1.98. The van der Waals surface area contributed by atoms with Gasteiger partial charge >= 0.3 is 5.97 Å². The predicted molar refractivity (Wildman–Crippen MR) is 53.6 cm³/mol. The van der Waals surface area contributed by atoms with Crippen LogP contribution in [0.25, 0.3) is 0 Å². The van der Waals surface area contributed by atoms with E-state index in [-0.39, 0.29) is 6.42 Å². The first-order chi connectivity index (χ1) is 6.56. The number of aromatic nitrogens is 2. The quantitative estimate of drug-likeness (QED) is 0.833. The molecule has 0 saturated heterocycles. The van der Waals surface area contributed by atoms with Crippen molar-refractivity contribution in [2.24, 2.45) is 7.05 Å². The summed E-state index contributed by atoms with van der Waals surface area (Å²) < 4.78 is 1.74. The Bertz CT molecular complexity index is 347. The molecule has 14 heavy (non-hydrogen) atoms. The van der Waals surface area contributed by atoms with Crippen LogP contribution in [0.4, 0.5) is 0 Å². The average molecular weight is 217 g/mol. The van der Waals surface area contributed by atoms with Crippen molar-refractivity contribution in [1.82, 2.24) is 9.55 Å². The highest BCUT2D eigenvalue weighted by Crippen LogP contribution is 2.18. The lowest BCUT2D eigenvalue weighted by Crippen LogP contribution is -2.01. The van der Waals surface area contributed by atoms with Gasteiger partial charge in [0, 0.05) is 13.5 Å². The second kappa shape index (κ2) is 4.46. The molecule has 4 nitrogen and oxygen atoms in total. The van der Waals surface area contributed by atoms with Crippen LogP contribution >= 0.6 is 11.6 Å². The molecule has 0 unspecified atom stereocenters. The van der Waals surface area contributed by atoms with Gasteiger partial charge in [0.05, 0.1) is 12.1 Å². The fraction of sp³-hybridized carbons (Fsp3) is 0.556. The number of hydrogen-bond acceptors (Lipinski definition) is 2. The van der Waals surface area contributed by atoms with Crippen LogP contribution in [0.2, 0.25) is 5.15 Å². The number of imidazole rings is 1. The van der Waals surface area contributed by atoms with Gasteiger partial charge in [0.15, 0.2) is 0 Å². The van der Waals surface area contributed by atoms with E-state index in [0.717, 1.165) is 18.7 Å². The molecule has 78 valence electrons. The zero-order chi connectivity index (χ0) is 10.7. The number of nitrogens with zero attached hydrogens (tertiary/aromatic N) is 2. The minimum atomic E-state index is -0.909. The van der Waals surface area contributed by atoms with E-state index in [2.05, 4.69) is 4.98 Å². The van der Waals surface area contributed by atoms with E-state index in [1.807, 2.05) is 6.92 Å². The third kappa shape index (κ3) is 2.26. The van der Waals surface area contributed by atoms with E-state index in [4.69, 9.17) is 16.7 Å². The molecule has 1 heterocycles. The molecule has 1 N–H and O–H groups in total. The maximum atomic E-state index is 10.5. The Morgan fingerprint density at radius 3 is 2.79 bits per heavy atom. The molecule has 0 amide bonds. The lowest BCUT2D eigenvalue weighted by atomic mass is 10.3. The average Bonchev–Trinajstić information content (AvgIpc) is 2.34. The van der Waals surface area contributed by atoms with Crippen LogP contribution in [-0.4, -0.2) is 20.6 Å². The minimum absolute atomic E-state index is 0.115. The largest absolute Gasteiger partial charge is 0.481 e. The second-order valence-electron chi connectivity index (χ2n) is 3.15. The molecule has 0 bridgehead atoms. The summed E-state index contributed by atoms with van der Waals surface area (Å²) in [5.74, 6) is -0.0678. The Hall–Kier alpha value is -1.03. The molecule has 0 aliphatic carbocycles. The Balaban J connectivity index is 2.96. The number of rotatable bonds is 4. The standard InChI is InChI=1S/C9H13ClN2O2/c1-3-4-7-11-6(5-8(13)14)9(10)12(7)2/h3-5H2,1-2H3,(H,13,14). The summed E-state index contributed by atoms with van der Waals surface area (Å²) in [4.78, 5) is 14.7. The van der Waals surface area contributed by atoms with Crippen molar-refractivity contribution < 1.29 is 9.90 Å². The first-order valence-corrected chi connectivity index (χ1v) is 4.85. The van der Waals surface area contributed by atoms with Gasteiger partial charge in [-0.2, -0.15) is 0 Å². The van der Waals surface area contributed by atoms with Crippen LogP contribution in [0.5, 0.6) is 0 Å². The zero-order valence-electron chi connectivity index (χ0n) is 8.25. The van der Waals surface area contributed by atoms with Gasteiger partial charge in [-0.15, -0.1) is 0 Å². The van der Waals surface area contributed by atoms with Gasteiger partial charge in [0.1, 0.15) is 11.0 Å². The molecule has 0 atom stereocenters. The fourth-order valence-electron chi connectivity index (χ4n) is 1.29. The number of aliphatic carboxylic acids is 1. The molecule has 5 heteroatoms. The second-order valence-corrected chi connectivity index (χ2v) is 3.50. The monoisotopic (exact) mass is 216 g/mol.